The van der Waals surface area contributed by atoms with Gasteiger partial charge in [0.2, 0.25) is 5.91 Å². The molecule has 0 aliphatic rings. The first-order chi connectivity index (χ1) is 12.5. The fraction of sp³-hybridized carbons (Fsp3) is 0.842. The van der Waals surface area contributed by atoms with Crippen molar-refractivity contribution in [2.75, 3.05) is 19.6 Å². The van der Waals surface area contributed by atoms with Crippen LogP contribution in [0.5, 0.6) is 0 Å². The molecule has 0 unspecified atom stereocenters. The van der Waals surface area contributed by atoms with Crippen molar-refractivity contribution in [3.63, 3.8) is 0 Å². The minimum absolute atomic E-state index is 0.0498. The van der Waals surface area contributed by atoms with Crippen LogP contribution in [-0.2, 0) is 9.59 Å². The quantitative estimate of drug-likeness (QED) is 0.206. The summed E-state index contributed by atoms with van der Waals surface area (Å²) in [6.07, 6.45) is 12.6. The average molecular weight is 371 g/mol. The number of hydrogen-bond donors (Lipinski definition) is 3. The minimum atomic E-state index is -0.977. The average Bonchev–Trinajstić information content (AvgIpc) is 2.58. The molecule has 152 valence electrons. The Hall–Kier alpha value is -1.79. The van der Waals surface area contributed by atoms with Gasteiger partial charge in [-0.1, -0.05) is 58.3 Å². The molecule has 0 aliphatic heterocycles. The van der Waals surface area contributed by atoms with Crippen LogP contribution >= 0.6 is 0 Å². The van der Waals surface area contributed by atoms with E-state index in [0.717, 1.165) is 25.7 Å². The zero-order valence-electron chi connectivity index (χ0n) is 16.4. The Labute approximate surface area is 158 Å². The maximum atomic E-state index is 12.3. The number of rotatable bonds is 17. The van der Waals surface area contributed by atoms with Crippen molar-refractivity contribution in [1.82, 2.24) is 4.90 Å². The molecule has 1 amide bonds. The smallest absolute Gasteiger partial charge is 0.323 e. The SMILES string of the molecule is CCCCCCCCCCCC(=O)N(CCCCN=C(N)N)CC(=O)O. The molecule has 5 N–H and O–H groups in total. The first kappa shape index (κ1) is 24.2. The number of carbonyl (C=O) groups excluding carboxylic acids is 1. The number of carbonyl (C=O) groups is 2. The van der Waals surface area contributed by atoms with E-state index >= 15 is 0 Å². The molecule has 26 heavy (non-hydrogen) atoms. The van der Waals surface area contributed by atoms with Gasteiger partial charge in [-0.2, -0.15) is 0 Å². The Morgan fingerprint density at radius 1 is 0.885 bits per heavy atom. The van der Waals surface area contributed by atoms with Crippen LogP contribution in [0, 0.1) is 0 Å². The largest absolute Gasteiger partial charge is 0.480 e. The van der Waals surface area contributed by atoms with Gasteiger partial charge in [0, 0.05) is 19.5 Å². The Bertz CT molecular complexity index is 410. The van der Waals surface area contributed by atoms with Crippen molar-refractivity contribution >= 4 is 17.8 Å². The Balaban J connectivity index is 3.89. The number of aliphatic carboxylic acids is 1. The van der Waals surface area contributed by atoms with E-state index in [4.69, 9.17) is 16.6 Å². The number of nitrogens with two attached hydrogens (primary N) is 2. The van der Waals surface area contributed by atoms with Crippen molar-refractivity contribution < 1.29 is 14.7 Å². The van der Waals surface area contributed by atoms with Crippen LogP contribution in [0.1, 0.15) is 84.0 Å². The van der Waals surface area contributed by atoms with E-state index in [1.807, 2.05) is 0 Å². The molecular weight excluding hydrogens is 332 g/mol. The minimum Gasteiger partial charge on any atom is -0.480 e. The molecule has 0 bridgehead atoms. The summed E-state index contributed by atoms with van der Waals surface area (Å²) < 4.78 is 0. The molecule has 7 heteroatoms. The number of hydrogen-bond acceptors (Lipinski definition) is 3. The number of carboxylic acids is 1. The third-order valence-corrected chi connectivity index (χ3v) is 4.30. The molecule has 0 aliphatic carbocycles. The Kier molecular flexibility index (Phi) is 15.5. The fourth-order valence-corrected chi connectivity index (χ4v) is 2.82. The molecule has 0 rings (SSSR count). The maximum absolute atomic E-state index is 12.3. The lowest BCUT2D eigenvalue weighted by atomic mass is 10.1. The van der Waals surface area contributed by atoms with E-state index < -0.39 is 5.97 Å². The maximum Gasteiger partial charge on any atom is 0.323 e. The van der Waals surface area contributed by atoms with Crippen molar-refractivity contribution in [3.05, 3.63) is 0 Å². The van der Waals surface area contributed by atoms with Gasteiger partial charge in [-0.05, 0) is 19.3 Å². The second-order valence-corrected chi connectivity index (χ2v) is 6.80. The lowest BCUT2D eigenvalue weighted by Crippen LogP contribution is -2.36. The van der Waals surface area contributed by atoms with E-state index in [1.165, 1.54) is 43.4 Å². The van der Waals surface area contributed by atoms with E-state index in [2.05, 4.69) is 11.9 Å². The highest BCUT2D eigenvalue weighted by Crippen LogP contribution is 2.11. The highest BCUT2D eigenvalue weighted by Gasteiger charge is 2.15. The lowest BCUT2D eigenvalue weighted by molar-refractivity contribution is -0.144. The zero-order valence-corrected chi connectivity index (χ0v) is 16.4. The van der Waals surface area contributed by atoms with Crippen LogP contribution in [0.25, 0.3) is 0 Å². The summed E-state index contributed by atoms with van der Waals surface area (Å²) in [5.74, 6) is -0.999. The van der Waals surface area contributed by atoms with Gasteiger partial charge in [-0.3, -0.25) is 14.6 Å². The lowest BCUT2D eigenvalue weighted by Gasteiger charge is -2.20. The number of amides is 1. The number of carboxylic acid groups (broad SMARTS) is 1. The summed E-state index contributed by atoms with van der Waals surface area (Å²) in [6.45, 7) is 2.91. The third kappa shape index (κ3) is 15.7. The van der Waals surface area contributed by atoms with Gasteiger partial charge in [0.05, 0.1) is 0 Å². The predicted octanol–water partition coefficient (Wildman–Crippen LogP) is 2.87. The standard InChI is InChI=1S/C19H38N4O3/c1-2-3-4-5-6-7-8-9-10-13-17(24)23(16-18(25)26)15-12-11-14-22-19(20)21/h2-16H2,1H3,(H,25,26)(H4,20,21,22). The number of nitrogens with zero attached hydrogens (tertiary/aromatic N) is 2. The number of aliphatic imine (C=N–C) groups is 1. The Morgan fingerprint density at radius 3 is 2.00 bits per heavy atom. The zero-order chi connectivity index (χ0) is 19.6. The first-order valence-corrected chi connectivity index (χ1v) is 10.0. The van der Waals surface area contributed by atoms with Crippen molar-refractivity contribution in [2.45, 2.75) is 84.0 Å². The second kappa shape index (κ2) is 16.7. The molecule has 0 saturated carbocycles. The molecule has 7 nitrogen and oxygen atoms in total. The number of guanidine groups is 1. The molecule has 0 saturated heterocycles. The summed E-state index contributed by atoms with van der Waals surface area (Å²) in [7, 11) is 0. The van der Waals surface area contributed by atoms with Crippen LogP contribution in [0.2, 0.25) is 0 Å². The van der Waals surface area contributed by atoms with Gasteiger partial charge < -0.3 is 21.5 Å². The topological polar surface area (TPSA) is 122 Å². The molecular formula is C19H38N4O3. The van der Waals surface area contributed by atoms with E-state index in [9.17, 15) is 9.59 Å². The normalized spacial score (nSPS) is 10.5. The molecule has 0 fully saturated rings. The monoisotopic (exact) mass is 370 g/mol. The van der Waals surface area contributed by atoms with Gasteiger partial charge in [0.25, 0.3) is 0 Å². The van der Waals surface area contributed by atoms with Gasteiger partial charge in [0.1, 0.15) is 6.54 Å². The molecule has 0 radical (unpaired) electrons. The summed E-state index contributed by atoms with van der Waals surface area (Å²) in [6, 6.07) is 0. The van der Waals surface area contributed by atoms with Crippen LogP contribution in [0.15, 0.2) is 4.99 Å². The molecule has 0 aromatic heterocycles. The highest BCUT2D eigenvalue weighted by molar-refractivity contribution is 5.81. The summed E-state index contributed by atoms with van der Waals surface area (Å²) >= 11 is 0. The van der Waals surface area contributed by atoms with Crippen LogP contribution < -0.4 is 11.5 Å². The first-order valence-electron chi connectivity index (χ1n) is 10.0. The summed E-state index contributed by atoms with van der Waals surface area (Å²) in [4.78, 5) is 28.5. The fourth-order valence-electron chi connectivity index (χ4n) is 2.82. The van der Waals surface area contributed by atoms with Crippen molar-refractivity contribution in [1.29, 1.82) is 0 Å². The molecule has 0 heterocycles. The van der Waals surface area contributed by atoms with Crippen LogP contribution in [-0.4, -0.2) is 47.5 Å². The van der Waals surface area contributed by atoms with E-state index in [-0.39, 0.29) is 18.4 Å². The Morgan fingerprint density at radius 2 is 1.46 bits per heavy atom. The number of unbranched alkanes of at least 4 members (excludes halogenated alkanes) is 9. The molecule has 0 spiro atoms. The summed E-state index contributed by atoms with van der Waals surface area (Å²) in [5.41, 5.74) is 10.5. The van der Waals surface area contributed by atoms with E-state index in [0.29, 0.717) is 25.9 Å². The van der Waals surface area contributed by atoms with Gasteiger partial charge in [0.15, 0.2) is 5.96 Å². The van der Waals surface area contributed by atoms with Gasteiger partial charge >= 0.3 is 5.97 Å². The third-order valence-electron chi connectivity index (χ3n) is 4.30. The van der Waals surface area contributed by atoms with Crippen molar-refractivity contribution in [2.24, 2.45) is 16.5 Å². The second-order valence-electron chi connectivity index (χ2n) is 6.80. The van der Waals surface area contributed by atoms with Gasteiger partial charge in [-0.25, -0.2) is 0 Å². The highest BCUT2D eigenvalue weighted by atomic mass is 16.4. The molecule has 0 atom stereocenters. The van der Waals surface area contributed by atoms with Crippen LogP contribution in [0.4, 0.5) is 0 Å². The molecule has 0 aromatic rings. The summed E-state index contributed by atoms with van der Waals surface area (Å²) in [5, 5.41) is 8.99. The molecule has 0 aromatic carbocycles. The van der Waals surface area contributed by atoms with Gasteiger partial charge in [-0.15, -0.1) is 0 Å². The predicted molar refractivity (Wildman–Crippen MR) is 106 cm³/mol. The van der Waals surface area contributed by atoms with E-state index in [1.54, 1.807) is 0 Å². The van der Waals surface area contributed by atoms with Crippen molar-refractivity contribution in [3.8, 4) is 0 Å². The van der Waals surface area contributed by atoms with Crippen LogP contribution in [0.3, 0.4) is 0 Å².